The van der Waals surface area contributed by atoms with Gasteiger partial charge in [-0.05, 0) is 49.6 Å². The molecule has 0 aliphatic heterocycles. The predicted octanol–water partition coefficient (Wildman–Crippen LogP) is 2.95. The Bertz CT molecular complexity index is 883. The SMILES string of the molecule is Cc1ccc(C)c(OCC(=O)NCc2cn3cccc(C)c3n2)c1. The molecule has 0 spiro atoms. The summed E-state index contributed by atoms with van der Waals surface area (Å²) in [5.74, 6) is 0.582. The average Bonchev–Trinajstić information content (AvgIpc) is 2.98. The summed E-state index contributed by atoms with van der Waals surface area (Å²) in [6.45, 7) is 6.36. The Morgan fingerprint density at radius 1 is 1.21 bits per heavy atom. The van der Waals surface area contributed by atoms with Gasteiger partial charge in [-0.25, -0.2) is 4.98 Å². The molecule has 0 saturated carbocycles. The number of fused-ring (bicyclic) bond motifs is 1. The largest absolute Gasteiger partial charge is 0.483 e. The molecule has 0 aliphatic carbocycles. The topological polar surface area (TPSA) is 55.6 Å². The number of carbonyl (C=O) groups is 1. The molecule has 24 heavy (non-hydrogen) atoms. The summed E-state index contributed by atoms with van der Waals surface area (Å²) >= 11 is 0. The molecule has 5 heteroatoms. The van der Waals surface area contributed by atoms with E-state index in [1.54, 1.807) is 0 Å². The molecule has 0 bridgehead atoms. The average molecular weight is 323 g/mol. The number of aryl methyl sites for hydroxylation is 3. The lowest BCUT2D eigenvalue weighted by Crippen LogP contribution is -2.28. The summed E-state index contributed by atoms with van der Waals surface area (Å²) in [5, 5.41) is 2.84. The van der Waals surface area contributed by atoms with Crippen molar-refractivity contribution >= 4 is 11.6 Å². The Hall–Kier alpha value is -2.82. The molecule has 0 fully saturated rings. The Balaban J connectivity index is 1.57. The minimum Gasteiger partial charge on any atom is -0.483 e. The Morgan fingerprint density at radius 2 is 2.04 bits per heavy atom. The van der Waals surface area contributed by atoms with Gasteiger partial charge in [0.1, 0.15) is 11.4 Å². The second-order valence-corrected chi connectivity index (χ2v) is 5.99. The number of amides is 1. The molecule has 124 valence electrons. The molecular weight excluding hydrogens is 302 g/mol. The van der Waals surface area contributed by atoms with Gasteiger partial charge in [0.2, 0.25) is 0 Å². The number of hydrogen-bond acceptors (Lipinski definition) is 3. The molecular formula is C19H21N3O2. The fourth-order valence-electron chi connectivity index (χ4n) is 2.54. The zero-order valence-electron chi connectivity index (χ0n) is 14.2. The van der Waals surface area contributed by atoms with Crippen LogP contribution in [-0.2, 0) is 11.3 Å². The molecule has 0 unspecified atom stereocenters. The number of nitrogens with one attached hydrogen (secondary N) is 1. The van der Waals surface area contributed by atoms with Gasteiger partial charge in [-0.3, -0.25) is 4.79 Å². The number of imidazole rings is 1. The van der Waals surface area contributed by atoms with E-state index in [4.69, 9.17) is 4.74 Å². The van der Waals surface area contributed by atoms with Crippen molar-refractivity contribution in [3.63, 3.8) is 0 Å². The van der Waals surface area contributed by atoms with Crippen LogP contribution in [0, 0.1) is 20.8 Å². The van der Waals surface area contributed by atoms with Gasteiger partial charge in [0.15, 0.2) is 6.61 Å². The highest BCUT2D eigenvalue weighted by Crippen LogP contribution is 2.18. The Kier molecular flexibility index (Phi) is 4.51. The summed E-state index contributed by atoms with van der Waals surface area (Å²) in [4.78, 5) is 16.5. The monoisotopic (exact) mass is 323 g/mol. The minimum absolute atomic E-state index is 0.00328. The first-order valence-electron chi connectivity index (χ1n) is 7.93. The van der Waals surface area contributed by atoms with Crippen molar-refractivity contribution in [2.75, 3.05) is 6.61 Å². The van der Waals surface area contributed by atoms with Crippen LogP contribution in [0.5, 0.6) is 5.75 Å². The number of pyridine rings is 1. The van der Waals surface area contributed by atoms with Crippen molar-refractivity contribution in [2.24, 2.45) is 0 Å². The summed E-state index contributed by atoms with van der Waals surface area (Å²) < 4.78 is 7.57. The highest BCUT2D eigenvalue weighted by Gasteiger charge is 2.08. The van der Waals surface area contributed by atoms with Crippen molar-refractivity contribution in [2.45, 2.75) is 27.3 Å². The number of hydrogen-bond donors (Lipinski definition) is 1. The first-order valence-corrected chi connectivity index (χ1v) is 7.93. The maximum absolute atomic E-state index is 12.0. The van der Waals surface area contributed by atoms with E-state index in [1.165, 1.54) is 0 Å². The van der Waals surface area contributed by atoms with E-state index in [1.807, 2.05) is 67.9 Å². The van der Waals surface area contributed by atoms with E-state index in [-0.39, 0.29) is 12.5 Å². The van der Waals surface area contributed by atoms with E-state index < -0.39 is 0 Å². The number of nitrogens with zero attached hydrogens (tertiary/aromatic N) is 2. The lowest BCUT2D eigenvalue weighted by atomic mass is 10.1. The summed E-state index contributed by atoms with van der Waals surface area (Å²) in [6, 6.07) is 9.94. The predicted molar refractivity (Wildman–Crippen MR) is 93.2 cm³/mol. The van der Waals surface area contributed by atoms with Crippen LogP contribution in [0.1, 0.15) is 22.4 Å². The highest BCUT2D eigenvalue weighted by molar-refractivity contribution is 5.77. The third-order valence-corrected chi connectivity index (χ3v) is 3.90. The van der Waals surface area contributed by atoms with Gasteiger partial charge >= 0.3 is 0 Å². The van der Waals surface area contributed by atoms with Crippen molar-refractivity contribution in [3.05, 3.63) is 65.1 Å². The Labute approximate surface area is 141 Å². The lowest BCUT2D eigenvalue weighted by molar-refractivity contribution is -0.123. The van der Waals surface area contributed by atoms with Crippen molar-refractivity contribution < 1.29 is 9.53 Å². The van der Waals surface area contributed by atoms with Crippen molar-refractivity contribution in [3.8, 4) is 5.75 Å². The third-order valence-electron chi connectivity index (χ3n) is 3.90. The quantitative estimate of drug-likeness (QED) is 0.785. The van der Waals surface area contributed by atoms with Crippen molar-refractivity contribution in [1.82, 2.24) is 14.7 Å². The lowest BCUT2D eigenvalue weighted by Gasteiger charge is -2.09. The van der Waals surface area contributed by atoms with E-state index in [0.717, 1.165) is 33.8 Å². The summed E-state index contributed by atoms with van der Waals surface area (Å²) in [7, 11) is 0. The van der Waals surface area contributed by atoms with Gasteiger partial charge in [-0.15, -0.1) is 0 Å². The molecule has 0 atom stereocenters. The normalized spacial score (nSPS) is 10.8. The van der Waals surface area contributed by atoms with Crippen LogP contribution in [0.2, 0.25) is 0 Å². The summed E-state index contributed by atoms with van der Waals surface area (Å²) in [6.07, 6.45) is 3.87. The molecule has 1 amide bonds. The van der Waals surface area contributed by atoms with Crippen LogP contribution in [0.25, 0.3) is 5.65 Å². The van der Waals surface area contributed by atoms with Gasteiger partial charge in [-0.2, -0.15) is 0 Å². The minimum atomic E-state index is -0.162. The van der Waals surface area contributed by atoms with Crippen LogP contribution in [0.4, 0.5) is 0 Å². The molecule has 2 aromatic heterocycles. The standard InChI is InChI=1S/C19H21N3O2/c1-13-6-7-14(2)17(9-13)24-12-18(23)20-10-16-11-22-8-4-5-15(3)19(22)21-16/h4-9,11H,10,12H2,1-3H3,(H,20,23). The van der Waals surface area contributed by atoms with Gasteiger partial charge in [0, 0.05) is 12.4 Å². The first-order chi connectivity index (χ1) is 11.5. The molecule has 0 saturated heterocycles. The highest BCUT2D eigenvalue weighted by atomic mass is 16.5. The summed E-state index contributed by atoms with van der Waals surface area (Å²) in [5.41, 5.74) is 4.96. The first kappa shape index (κ1) is 16.1. The molecule has 0 radical (unpaired) electrons. The van der Waals surface area contributed by atoms with Crippen LogP contribution in [-0.4, -0.2) is 21.9 Å². The second kappa shape index (κ2) is 6.74. The smallest absolute Gasteiger partial charge is 0.258 e. The second-order valence-electron chi connectivity index (χ2n) is 5.99. The molecule has 1 N–H and O–H groups in total. The Morgan fingerprint density at radius 3 is 2.83 bits per heavy atom. The van der Waals surface area contributed by atoms with E-state index in [9.17, 15) is 4.79 Å². The maximum atomic E-state index is 12.0. The van der Waals surface area contributed by atoms with E-state index in [2.05, 4.69) is 10.3 Å². The number of rotatable bonds is 5. The molecule has 1 aromatic carbocycles. The molecule has 3 rings (SSSR count). The zero-order chi connectivity index (χ0) is 17.1. The fourth-order valence-corrected chi connectivity index (χ4v) is 2.54. The molecule has 3 aromatic rings. The van der Waals surface area contributed by atoms with Gasteiger partial charge < -0.3 is 14.5 Å². The number of carbonyl (C=O) groups excluding carboxylic acids is 1. The van der Waals surface area contributed by atoms with Crippen LogP contribution < -0.4 is 10.1 Å². The van der Waals surface area contributed by atoms with Crippen molar-refractivity contribution in [1.29, 1.82) is 0 Å². The molecule has 2 heterocycles. The van der Waals surface area contributed by atoms with E-state index in [0.29, 0.717) is 6.54 Å². The van der Waals surface area contributed by atoms with Gasteiger partial charge in [-0.1, -0.05) is 18.2 Å². The fraction of sp³-hybridized carbons (Fsp3) is 0.263. The van der Waals surface area contributed by atoms with Crippen LogP contribution in [0.3, 0.4) is 0 Å². The molecule has 5 nitrogen and oxygen atoms in total. The van der Waals surface area contributed by atoms with E-state index >= 15 is 0 Å². The van der Waals surface area contributed by atoms with Gasteiger partial charge in [0.05, 0.1) is 12.2 Å². The molecule has 0 aliphatic rings. The van der Waals surface area contributed by atoms with Crippen LogP contribution >= 0.6 is 0 Å². The van der Waals surface area contributed by atoms with Crippen LogP contribution in [0.15, 0.2) is 42.7 Å². The number of ether oxygens (including phenoxy) is 1. The maximum Gasteiger partial charge on any atom is 0.258 e. The third kappa shape index (κ3) is 3.56. The number of aromatic nitrogens is 2. The number of benzene rings is 1. The van der Waals surface area contributed by atoms with Gasteiger partial charge in [0.25, 0.3) is 5.91 Å². The zero-order valence-corrected chi connectivity index (χ0v) is 14.2.